The highest BCUT2D eigenvalue weighted by molar-refractivity contribution is 5.90. The lowest BCUT2D eigenvalue weighted by Gasteiger charge is -2.43. The molecule has 0 aromatic heterocycles. The summed E-state index contributed by atoms with van der Waals surface area (Å²) in [7, 11) is 0. The Bertz CT molecular complexity index is 1590. The number of amides is 2. The second-order valence-corrected chi connectivity index (χ2v) is 13.4. The SMILES string of the molecule is C[C@H]1[C@@H](CN2CCCCC2)O[C@@H](c2cccc(-c3cccc(CNC(=O)[C@@H]4CCCN4C(=O)C(F)(F)F)c3)c2)O[C@H]1c1ccc(CO)cc1. The third-order valence-electron chi connectivity index (χ3n) is 9.95. The zero-order valence-corrected chi connectivity index (χ0v) is 27.7. The van der Waals surface area contributed by atoms with E-state index in [1.807, 2.05) is 72.8 Å². The van der Waals surface area contributed by atoms with E-state index < -0.39 is 30.3 Å². The lowest BCUT2D eigenvalue weighted by atomic mass is 9.89. The van der Waals surface area contributed by atoms with Crippen LogP contribution in [0.25, 0.3) is 11.1 Å². The van der Waals surface area contributed by atoms with Gasteiger partial charge in [0, 0.05) is 31.1 Å². The molecule has 11 heteroatoms. The number of ether oxygens (including phenoxy) is 2. The summed E-state index contributed by atoms with van der Waals surface area (Å²) in [5.41, 5.74) is 5.35. The highest BCUT2D eigenvalue weighted by Gasteiger charge is 2.47. The molecule has 5 atom stereocenters. The number of nitrogens with zero attached hydrogens (tertiary/aromatic N) is 2. The fraction of sp³-hybridized carbons (Fsp3) is 0.474. The molecule has 2 N–H and O–H groups in total. The van der Waals surface area contributed by atoms with Gasteiger partial charge in [0.15, 0.2) is 6.29 Å². The van der Waals surface area contributed by atoms with Gasteiger partial charge in [-0.05, 0) is 78.7 Å². The lowest BCUT2D eigenvalue weighted by Crippen LogP contribution is -2.50. The summed E-state index contributed by atoms with van der Waals surface area (Å²) in [5, 5.41) is 12.3. The summed E-state index contributed by atoms with van der Waals surface area (Å²) in [6.07, 6.45) is -1.72. The normalized spacial score (nSPS) is 24.9. The number of alkyl halides is 3. The first-order valence-corrected chi connectivity index (χ1v) is 17.2. The highest BCUT2D eigenvalue weighted by Crippen LogP contribution is 2.42. The Morgan fingerprint density at radius 1 is 0.857 bits per heavy atom. The number of likely N-dealkylation sites (tertiary alicyclic amines) is 2. The molecule has 0 spiro atoms. The van der Waals surface area contributed by atoms with Crippen LogP contribution in [-0.2, 0) is 32.2 Å². The molecule has 2 amide bonds. The second-order valence-electron chi connectivity index (χ2n) is 13.4. The number of nitrogens with one attached hydrogen (secondary N) is 1. The van der Waals surface area contributed by atoms with Crippen LogP contribution < -0.4 is 5.32 Å². The Kier molecular flexibility index (Phi) is 11.0. The van der Waals surface area contributed by atoms with E-state index in [-0.39, 0.29) is 44.2 Å². The molecule has 0 bridgehead atoms. The summed E-state index contributed by atoms with van der Waals surface area (Å²) >= 11 is 0. The molecule has 262 valence electrons. The number of aliphatic hydroxyl groups is 1. The number of halogens is 3. The molecule has 3 aliphatic rings. The maximum atomic E-state index is 13.0. The topological polar surface area (TPSA) is 91.3 Å². The molecule has 49 heavy (non-hydrogen) atoms. The van der Waals surface area contributed by atoms with Crippen LogP contribution in [0, 0.1) is 5.92 Å². The molecule has 6 rings (SSSR count). The molecule has 3 aliphatic heterocycles. The molecule has 3 aromatic carbocycles. The van der Waals surface area contributed by atoms with Crippen molar-refractivity contribution in [1.82, 2.24) is 15.1 Å². The standard InChI is InChI=1S/C38H44F3N3O5/c1-25-33(23-43-17-3-2-4-18-43)48-36(49-34(25)28-15-13-26(24-45)14-16-28)31-11-6-10-30(21-31)29-9-5-8-27(20-29)22-42-35(46)32-12-7-19-44(32)37(47)38(39,40)41/h5-6,8-11,13-16,20-21,25,32-34,36,45H,2-4,7,12,17-19,22-24H2,1H3,(H,42,46)/t25-,32-,33+,34+,36+/m0/s1. The predicted molar refractivity (Wildman–Crippen MR) is 178 cm³/mol. The van der Waals surface area contributed by atoms with Crippen LogP contribution in [0.2, 0.25) is 0 Å². The van der Waals surface area contributed by atoms with Crippen molar-refractivity contribution in [2.24, 2.45) is 5.92 Å². The Morgan fingerprint density at radius 2 is 1.57 bits per heavy atom. The zero-order valence-electron chi connectivity index (χ0n) is 27.7. The number of carbonyl (C=O) groups is 2. The number of piperidine rings is 1. The van der Waals surface area contributed by atoms with Crippen molar-refractivity contribution >= 4 is 11.8 Å². The molecule has 0 saturated carbocycles. The van der Waals surface area contributed by atoms with Crippen LogP contribution in [-0.4, -0.2) is 71.2 Å². The average Bonchev–Trinajstić information content (AvgIpc) is 3.61. The average molecular weight is 680 g/mol. The van der Waals surface area contributed by atoms with Gasteiger partial charge in [-0.25, -0.2) is 0 Å². The third kappa shape index (κ3) is 8.34. The van der Waals surface area contributed by atoms with Crippen LogP contribution in [0.1, 0.15) is 73.7 Å². The summed E-state index contributed by atoms with van der Waals surface area (Å²) < 4.78 is 52.5. The van der Waals surface area contributed by atoms with E-state index in [9.17, 15) is 27.9 Å². The summed E-state index contributed by atoms with van der Waals surface area (Å²) in [5.74, 6) is -2.48. The fourth-order valence-corrected chi connectivity index (χ4v) is 7.20. The minimum atomic E-state index is -5.02. The Hall–Kier alpha value is -3.77. The van der Waals surface area contributed by atoms with Crippen molar-refractivity contribution < 1.29 is 37.3 Å². The van der Waals surface area contributed by atoms with Crippen molar-refractivity contribution in [3.63, 3.8) is 0 Å². The van der Waals surface area contributed by atoms with Gasteiger partial charge in [0.25, 0.3) is 0 Å². The lowest BCUT2D eigenvalue weighted by molar-refractivity contribution is -0.276. The van der Waals surface area contributed by atoms with Crippen LogP contribution >= 0.6 is 0 Å². The first kappa shape index (κ1) is 35.1. The number of hydrogen-bond donors (Lipinski definition) is 2. The molecule has 3 aromatic rings. The summed E-state index contributed by atoms with van der Waals surface area (Å²) in [4.78, 5) is 27.8. The minimum Gasteiger partial charge on any atom is -0.392 e. The molecular weight excluding hydrogens is 635 g/mol. The van der Waals surface area contributed by atoms with Crippen LogP contribution in [0.3, 0.4) is 0 Å². The van der Waals surface area contributed by atoms with E-state index in [1.165, 1.54) is 19.3 Å². The van der Waals surface area contributed by atoms with Gasteiger partial charge < -0.3 is 29.7 Å². The number of rotatable bonds is 9. The largest absolute Gasteiger partial charge is 0.471 e. The van der Waals surface area contributed by atoms with E-state index >= 15 is 0 Å². The Balaban J connectivity index is 1.18. The van der Waals surface area contributed by atoms with Gasteiger partial charge in [-0.2, -0.15) is 13.2 Å². The number of hydrogen-bond acceptors (Lipinski definition) is 6. The van der Waals surface area contributed by atoms with Gasteiger partial charge in [0.2, 0.25) is 5.91 Å². The molecule has 8 nitrogen and oxygen atoms in total. The number of benzene rings is 3. The summed E-state index contributed by atoms with van der Waals surface area (Å²) in [6.45, 7) is 5.12. The smallest absolute Gasteiger partial charge is 0.392 e. The first-order chi connectivity index (χ1) is 23.6. The maximum Gasteiger partial charge on any atom is 0.471 e. The van der Waals surface area contributed by atoms with Gasteiger partial charge in [-0.3, -0.25) is 9.59 Å². The monoisotopic (exact) mass is 679 g/mol. The van der Waals surface area contributed by atoms with E-state index in [0.717, 1.165) is 53.0 Å². The van der Waals surface area contributed by atoms with Gasteiger partial charge >= 0.3 is 12.1 Å². The van der Waals surface area contributed by atoms with Crippen molar-refractivity contribution in [3.05, 3.63) is 95.1 Å². The Morgan fingerprint density at radius 3 is 2.29 bits per heavy atom. The predicted octanol–water partition coefficient (Wildman–Crippen LogP) is 6.29. The van der Waals surface area contributed by atoms with E-state index in [2.05, 4.69) is 17.1 Å². The molecule has 0 radical (unpaired) electrons. The van der Waals surface area contributed by atoms with E-state index in [0.29, 0.717) is 11.3 Å². The van der Waals surface area contributed by atoms with Gasteiger partial charge in [-0.15, -0.1) is 0 Å². The van der Waals surface area contributed by atoms with E-state index in [4.69, 9.17) is 9.47 Å². The summed E-state index contributed by atoms with van der Waals surface area (Å²) in [6, 6.07) is 22.3. The molecule has 3 fully saturated rings. The quantitative estimate of drug-likeness (QED) is 0.276. The van der Waals surface area contributed by atoms with Crippen molar-refractivity contribution in [2.45, 2.75) is 82.9 Å². The zero-order chi connectivity index (χ0) is 34.5. The highest BCUT2D eigenvalue weighted by atomic mass is 19.4. The first-order valence-electron chi connectivity index (χ1n) is 17.2. The molecule has 0 unspecified atom stereocenters. The van der Waals surface area contributed by atoms with Crippen LogP contribution in [0.4, 0.5) is 13.2 Å². The minimum absolute atomic E-state index is 0.0207. The van der Waals surface area contributed by atoms with Crippen molar-refractivity contribution in [3.8, 4) is 11.1 Å². The molecule has 0 aliphatic carbocycles. The second kappa shape index (κ2) is 15.4. The van der Waals surface area contributed by atoms with Gasteiger partial charge in [0.1, 0.15) is 6.04 Å². The van der Waals surface area contributed by atoms with Crippen LogP contribution in [0.5, 0.6) is 0 Å². The van der Waals surface area contributed by atoms with Gasteiger partial charge in [0.05, 0.1) is 18.8 Å². The third-order valence-corrected chi connectivity index (χ3v) is 9.95. The van der Waals surface area contributed by atoms with Gasteiger partial charge in [-0.1, -0.05) is 74.0 Å². The molecule has 3 heterocycles. The van der Waals surface area contributed by atoms with Crippen LogP contribution in [0.15, 0.2) is 72.8 Å². The molecule has 3 saturated heterocycles. The fourth-order valence-electron chi connectivity index (χ4n) is 7.20. The number of carbonyl (C=O) groups excluding carboxylic acids is 2. The van der Waals surface area contributed by atoms with E-state index in [1.54, 1.807) is 0 Å². The number of aliphatic hydroxyl groups excluding tert-OH is 1. The van der Waals surface area contributed by atoms with Crippen molar-refractivity contribution in [1.29, 1.82) is 0 Å². The van der Waals surface area contributed by atoms with Crippen molar-refractivity contribution in [2.75, 3.05) is 26.2 Å². The Labute approximate surface area is 285 Å². The molecular formula is C38H44F3N3O5. The maximum absolute atomic E-state index is 13.0.